The Balaban J connectivity index is 1.47. The number of ether oxygens (including phenoxy) is 1. The number of nitrogens with one attached hydrogen (secondary N) is 1. The summed E-state index contributed by atoms with van der Waals surface area (Å²) >= 11 is 1.22. The minimum atomic E-state index is -0.479. The zero-order chi connectivity index (χ0) is 22.7. The summed E-state index contributed by atoms with van der Waals surface area (Å²) in [4.78, 5) is 38.9. The molecule has 0 radical (unpaired) electrons. The number of carbonyl (C=O) groups is 2. The van der Waals surface area contributed by atoms with Crippen LogP contribution in [0.15, 0.2) is 65.1 Å². The van der Waals surface area contributed by atoms with E-state index in [2.05, 4.69) is 10.3 Å². The molecule has 0 fully saturated rings. The van der Waals surface area contributed by atoms with Crippen LogP contribution in [0.2, 0.25) is 0 Å². The van der Waals surface area contributed by atoms with Crippen LogP contribution in [0.25, 0.3) is 27.6 Å². The normalized spacial score (nSPS) is 11.0. The van der Waals surface area contributed by atoms with Gasteiger partial charge in [-0.1, -0.05) is 23.5 Å². The van der Waals surface area contributed by atoms with Gasteiger partial charge >= 0.3 is 5.97 Å². The van der Waals surface area contributed by atoms with Gasteiger partial charge in [-0.3, -0.25) is 20.2 Å². The molecule has 32 heavy (non-hydrogen) atoms. The van der Waals surface area contributed by atoms with E-state index < -0.39 is 16.8 Å². The minimum Gasteiger partial charge on any atom is -0.465 e. The highest BCUT2D eigenvalue weighted by molar-refractivity contribution is 7.22. The summed E-state index contributed by atoms with van der Waals surface area (Å²) in [5, 5.41) is 14.2. The zero-order valence-electron chi connectivity index (χ0n) is 16.6. The molecule has 0 saturated heterocycles. The van der Waals surface area contributed by atoms with Crippen molar-refractivity contribution in [2.75, 3.05) is 12.4 Å². The van der Waals surface area contributed by atoms with Crippen LogP contribution in [-0.2, 0) is 9.53 Å². The Morgan fingerprint density at radius 2 is 2.00 bits per heavy atom. The van der Waals surface area contributed by atoms with Gasteiger partial charge in [-0.15, -0.1) is 0 Å². The summed E-state index contributed by atoms with van der Waals surface area (Å²) in [6.07, 6.45) is 2.73. The smallest absolute Gasteiger partial charge is 0.337 e. The number of amides is 1. The van der Waals surface area contributed by atoms with Gasteiger partial charge in [0.2, 0.25) is 5.91 Å². The van der Waals surface area contributed by atoms with E-state index in [9.17, 15) is 19.7 Å². The maximum absolute atomic E-state index is 12.3. The Morgan fingerprint density at radius 3 is 2.78 bits per heavy atom. The molecule has 0 atom stereocenters. The quantitative estimate of drug-likeness (QED) is 0.192. The Morgan fingerprint density at radius 1 is 1.19 bits per heavy atom. The monoisotopic (exact) mass is 449 g/mol. The Kier molecular flexibility index (Phi) is 5.77. The van der Waals surface area contributed by atoms with Crippen LogP contribution in [-0.4, -0.2) is 28.9 Å². The molecule has 2 heterocycles. The van der Waals surface area contributed by atoms with Crippen molar-refractivity contribution in [2.45, 2.75) is 0 Å². The molecule has 10 heteroatoms. The number of anilines is 1. The number of nitrogens with zero attached hydrogens (tertiary/aromatic N) is 2. The van der Waals surface area contributed by atoms with Crippen molar-refractivity contribution in [3.63, 3.8) is 0 Å². The number of nitro groups is 1. The standard InChI is InChI=1S/C22H15N3O6S/c1-30-21(27)13-6-9-16-19(12-13)32-22(23-16)24-20(26)11-8-14-7-10-18(31-14)15-4-2-3-5-17(15)25(28)29/h2-12H,1H3,(H,23,24,26)/b11-8+. The molecule has 0 bridgehead atoms. The number of hydrogen-bond acceptors (Lipinski definition) is 8. The minimum absolute atomic E-state index is 0.0682. The van der Waals surface area contributed by atoms with Crippen molar-refractivity contribution < 1.29 is 23.7 Å². The van der Waals surface area contributed by atoms with E-state index in [4.69, 9.17) is 9.15 Å². The first-order valence-corrected chi connectivity index (χ1v) is 10.1. The molecule has 0 unspecified atom stereocenters. The average Bonchev–Trinajstić information content (AvgIpc) is 3.43. The van der Waals surface area contributed by atoms with Crippen LogP contribution in [0.1, 0.15) is 16.1 Å². The number of esters is 1. The number of methoxy groups -OCH3 is 1. The van der Waals surface area contributed by atoms with E-state index >= 15 is 0 Å². The van der Waals surface area contributed by atoms with Crippen molar-refractivity contribution in [3.8, 4) is 11.3 Å². The lowest BCUT2D eigenvalue weighted by atomic mass is 10.1. The van der Waals surface area contributed by atoms with E-state index in [1.807, 2.05) is 0 Å². The number of para-hydroxylation sites is 1. The lowest BCUT2D eigenvalue weighted by Gasteiger charge is -1.98. The number of benzene rings is 2. The summed E-state index contributed by atoms with van der Waals surface area (Å²) in [5.41, 5.74) is 1.32. The fourth-order valence-electron chi connectivity index (χ4n) is 2.96. The summed E-state index contributed by atoms with van der Waals surface area (Å²) in [6.45, 7) is 0. The van der Waals surface area contributed by atoms with Gasteiger partial charge in [0.05, 0.1) is 33.4 Å². The second-order valence-electron chi connectivity index (χ2n) is 6.49. The lowest BCUT2D eigenvalue weighted by Crippen LogP contribution is -2.07. The van der Waals surface area contributed by atoms with Crippen LogP contribution in [0, 0.1) is 10.1 Å². The number of thiazole rings is 1. The first-order chi connectivity index (χ1) is 15.4. The molecule has 1 amide bonds. The molecule has 4 aromatic rings. The first-order valence-electron chi connectivity index (χ1n) is 9.26. The van der Waals surface area contributed by atoms with Gasteiger partial charge in [0.25, 0.3) is 5.69 Å². The van der Waals surface area contributed by atoms with Crippen molar-refractivity contribution in [3.05, 3.63) is 82.1 Å². The molecule has 2 aromatic heterocycles. The van der Waals surface area contributed by atoms with Gasteiger partial charge in [0, 0.05) is 12.1 Å². The Bertz CT molecular complexity index is 1370. The number of carbonyl (C=O) groups excluding carboxylic acids is 2. The highest BCUT2D eigenvalue weighted by atomic mass is 32.1. The third-order valence-corrected chi connectivity index (χ3v) is 5.37. The molecule has 4 rings (SSSR count). The van der Waals surface area contributed by atoms with Crippen LogP contribution < -0.4 is 5.32 Å². The molecule has 160 valence electrons. The van der Waals surface area contributed by atoms with Gasteiger partial charge in [-0.05, 0) is 42.5 Å². The predicted octanol–water partition coefficient (Wildman–Crippen LogP) is 4.90. The second-order valence-corrected chi connectivity index (χ2v) is 7.52. The molecular formula is C22H15N3O6S. The van der Waals surface area contributed by atoms with Gasteiger partial charge in [0.15, 0.2) is 5.13 Å². The van der Waals surface area contributed by atoms with E-state index in [1.165, 1.54) is 36.7 Å². The fourth-order valence-corrected chi connectivity index (χ4v) is 3.86. The molecule has 0 aliphatic heterocycles. The molecule has 0 aliphatic rings. The SMILES string of the molecule is COC(=O)c1ccc2nc(NC(=O)/C=C/c3ccc(-c4ccccc4[N+](=O)[O-])o3)sc2c1. The van der Waals surface area contributed by atoms with Gasteiger partial charge < -0.3 is 9.15 Å². The van der Waals surface area contributed by atoms with E-state index in [-0.39, 0.29) is 5.69 Å². The molecular weight excluding hydrogens is 434 g/mol. The summed E-state index contributed by atoms with van der Waals surface area (Å²) in [5.74, 6) is -0.196. The number of hydrogen-bond donors (Lipinski definition) is 1. The third kappa shape index (κ3) is 4.40. The van der Waals surface area contributed by atoms with Gasteiger partial charge in [-0.2, -0.15) is 0 Å². The molecule has 9 nitrogen and oxygen atoms in total. The zero-order valence-corrected chi connectivity index (χ0v) is 17.4. The highest BCUT2D eigenvalue weighted by Crippen LogP contribution is 2.31. The van der Waals surface area contributed by atoms with Crippen LogP contribution >= 0.6 is 11.3 Å². The second kappa shape index (κ2) is 8.82. The first kappa shape index (κ1) is 20.9. The van der Waals surface area contributed by atoms with Crippen LogP contribution in [0.5, 0.6) is 0 Å². The number of fused-ring (bicyclic) bond motifs is 1. The topological polar surface area (TPSA) is 125 Å². The van der Waals surface area contributed by atoms with E-state index in [0.717, 1.165) is 4.70 Å². The van der Waals surface area contributed by atoms with Crippen molar-refractivity contribution in [1.82, 2.24) is 4.98 Å². The molecule has 0 saturated carbocycles. The predicted molar refractivity (Wildman–Crippen MR) is 119 cm³/mol. The molecule has 2 aromatic carbocycles. The van der Waals surface area contributed by atoms with E-state index in [0.29, 0.717) is 33.3 Å². The van der Waals surface area contributed by atoms with Crippen LogP contribution in [0.3, 0.4) is 0 Å². The van der Waals surface area contributed by atoms with Crippen molar-refractivity contribution in [1.29, 1.82) is 0 Å². The van der Waals surface area contributed by atoms with Gasteiger partial charge in [-0.25, -0.2) is 9.78 Å². The molecule has 0 spiro atoms. The maximum Gasteiger partial charge on any atom is 0.337 e. The lowest BCUT2D eigenvalue weighted by molar-refractivity contribution is -0.384. The average molecular weight is 449 g/mol. The molecule has 1 N–H and O–H groups in total. The van der Waals surface area contributed by atoms with Crippen LogP contribution in [0.4, 0.5) is 10.8 Å². The van der Waals surface area contributed by atoms with Gasteiger partial charge in [0.1, 0.15) is 11.5 Å². The third-order valence-electron chi connectivity index (χ3n) is 4.43. The van der Waals surface area contributed by atoms with Crippen molar-refractivity contribution in [2.24, 2.45) is 0 Å². The number of nitro benzene ring substituents is 1. The Hall–Kier alpha value is -4.31. The number of rotatable bonds is 6. The fraction of sp³-hybridized carbons (Fsp3) is 0.0455. The summed E-state index contributed by atoms with van der Waals surface area (Å²) in [6, 6.07) is 14.4. The highest BCUT2D eigenvalue weighted by Gasteiger charge is 2.17. The number of aromatic nitrogens is 1. The summed E-state index contributed by atoms with van der Waals surface area (Å²) < 4.78 is 11.1. The van der Waals surface area contributed by atoms with E-state index in [1.54, 1.807) is 48.5 Å². The maximum atomic E-state index is 12.3. The van der Waals surface area contributed by atoms with Crippen molar-refractivity contribution >= 4 is 50.3 Å². The largest absolute Gasteiger partial charge is 0.465 e. The number of furan rings is 1. The Labute approximate surface area is 185 Å². The molecule has 0 aliphatic carbocycles. The summed E-state index contributed by atoms with van der Waals surface area (Å²) in [7, 11) is 1.31.